The molecule has 5 heteroatoms. The molecule has 1 aliphatic rings. The van der Waals surface area contributed by atoms with Crippen LogP contribution in [0.1, 0.15) is 43.0 Å². The minimum atomic E-state index is -0.162. The van der Waals surface area contributed by atoms with Crippen LogP contribution in [0, 0.1) is 0 Å². The summed E-state index contributed by atoms with van der Waals surface area (Å²) >= 11 is 5.75. The van der Waals surface area contributed by atoms with E-state index in [0.717, 1.165) is 13.0 Å². The Kier molecular flexibility index (Phi) is 5.28. The van der Waals surface area contributed by atoms with E-state index in [4.69, 9.17) is 16.0 Å². The summed E-state index contributed by atoms with van der Waals surface area (Å²) in [7, 11) is 0. The molecule has 1 fully saturated rings. The molecular formula is C14H21ClN2O2. The third kappa shape index (κ3) is 3.98. The lowest BCUT2D eigenvalue weighted by atomic mass is 10.0. The van der Waals surface area contributed by atoms with Gasteiger partial charge in [0.25, 0.3) is 5.91 Å². The number of nitrogens with zero attached hydrogens (tertiary/aromatic N) is 1. The van der Waals surface area contributed by atoms with Crippen LogP contribution in [0.25, 0.3) is 0 Å². The first-order chi connectivity index (χ1) is 9.18. The van der Waals surface area contributed by atoms with Crippen molar-refractivity contribution in [3.8, 4) is 0 Å². The number of rotatable bonds is 5. The second-order valence-electron chi connectivity index (χ2n) is 5.10. The molecule has 1 aliphatic heterocycles. The standard InChI is InChI=1S/C14H21ClN2O2/c1-11-5-2-3-8-17(11)9-4-7-16-14(18)12-6-10-19-13(12)15/h6,10-11H,2-5,7-9H2,1H3,(H,16,18). The highest BCUT2D eigenvalue weighted by molar-refractivity contribution is 6.32. The Labute approximate surface area is 119 Å². The Morgan fingerprint density at radius 3 is 3.11 bits per heavy atom. The van der Waals surface area contributed by atoms with Crippen molar-refractivity contribution < 1.29 is 9.21 Å². The number of halogens is 1. The van der Waals surface area contributed by atoms with Gasteiger partial charge in [0, 0.05) is 19.1 Å². The lowest BCUT2D eigenvalue weighted by Gasteiger charge is -2.33. The van der Waals surface area contributed by atoms with Crippen molar-refractivity contribution in [3.05, 3.63) is 23.1 Å². The van der Waals surface area contributed by atoms with Crippen LogP contribution in [0.2, 0.25) is 5.22 Å². The maximum atomic E-state index is 11.8. The average molecular weight is 285 g/mol. The first-order valence-electron chi connectivity index (χ1n) is 6.93. The zero-order valence-corrected chi connectivity index (χ0v) is 12.1. The van der Waals surface area contributed by atoms with Gasteiger partial charge in [-0.15, -0.1) is 0 Å². The summed E-state index contributed by atoms with van der Waals surface area (Å²) in [6, 6.07) is 2.26. The highest BCUT2D eigenvalue weighted by Gasteiger charge is 2.17. The summed E-state index contributed by atoms with van der Waals surface area (Å²) in [4.78, 5) is 14.3. The molecule has 1 atom stereocenters. The van der Waals surface area contributed by atoms with Gasteiger partial charge in [0.15, 0.2) is 0 Å². The van der Waals surface area contributed by atoms with Gasteiger partial charge in [-0.25, -0.2) is 0 Å². The number of carbonyl (C=O) groups is 1. The summed E-state index contributed by atoms with van der Waals surface area (Å²) in [5.74, 6) is -0.162. The average Bonchev–Trinajstić information content (AvgIpc) is 2.82. The Balaban J connectivity index is 1.67. The molecule has 106 valence electrons. The maximum Gasteiger partial charge on any atom is 0.256 e. The third-order valence-corrected chi connectivity index (χ3v) is 4.00. The number of hydrogen-bond acceptors (Lipinski definition) is 3. The molecule has 1 saturated heterocycles. The van der Waals surface area contributed by atoms with Gasteiger partial charge >= 0.3 is 0 Å². The molecule has 1 aromatic heterocycles. The van der Waals surface area contributed by atoms with Gasteiger partial charge in [-0.1, -0.05) is 6.42 Å². The van der Waals surface area contributed by atoms with Crippen LogP contribution in [0.3, 0.4) is 0 Å². The summed E-state index contributed by atoms with van der Waals surface area (Å²) in [5.41, 5.74) is 0.410. The molecule has 1 unspecified atom stereocenters. The maximum absolute atomic E-state index is 11.8. The predicted molar refractivity (Wildman–Crippen MR) is 75.6 cm³/mol. The van der Waals surface area contributed by atoms with Gasteiger partial charge in [-0.2, -0.15) is 0 Å². The van der Waals surface area contributed by atoms with E-state index in [1.165, 1.54) is 32.1 Å². The topological polar surface area (TPSA) is 45.5 Å². The van der Waals surface area contributed by atoms with E-state index >= 15 is 0 Å². The van der Waals surface area contributed by atoms with Gasteiger partial charge < -0.3 is 14.6 Å². The number of hydrogen-bond donors (Lipinski definition) is 1. The minimum absolute atomic E-state index is 0.155. The second-order valence-corrected chi connectivity index (χ2v) is 5.44. The van der Waals surface area contributed by atoms with Crippen LogP contribution in [0.15, 0.2) is 16.7 Å². The van der Waals surface area contributed by atoms with Crippen LogP contribution < -0.4 is 5.32 Å². The summed E-state index contributed by atoms with van der Waals surface area (Å²) in [6.07, 6.45) is 6.31. The first kappa shape index (κ1) is 14.4. The van der Waals surface area contributed by atoms with Crippen LogP contribution in [-0.2, 0) is 0 Å². The van der Waals surface area contributed by atoms with Crippen LogP contribution in [-0.4, -0.2) is 36.5 Å². The molecule has 0 saturated carbocycles. The smallest absolute Gasteiger partial charge is 0.256 e. The highest BCUT2D eigenvalue weighted by Crippen LogP contribution is 2.17. The largest absolute Gasteiger partial charge is 0.452 e. The number of carbonyl (C=O) groups excluding carboxylic acids is 1. The molecule has 2 heterocycles. The fourth-order valence-electron chi connectivity index (χ4n) is 2.52. The van der Waals surface area contributed by atoms with Gasteiger partial charge in [0.05, 0.1) is 11.8 Å². The minimum Gasteiger partial charge on any atom is -0.452 e. The van der Waals surface area contributed by atoms with Crippen LogP contribution >= 0.6 is 11.6 Å². The molecule has 19 heavy (non-hydrogen) atoms. The lowest BCUT2D eigenvalue weighted by Crippen LogP contribution is -2.39. The van der Waals surface area contributed by atoms with Gasteiger partial charge in [0.1, 0.15) is 0 Å². The van der Waals surface area contributed by atoms with Crippen molar-refractivity contribution in [3.63, 3.8) is 0 Å². The SMILES string of the molecule is CC1CCCCN1CCCNC(=O)c1ccoc1Cl. The zero-order chi connectivity index (χ0) is 13.7. The molecule has 0 radical (unpaired) electrons. The number of piperidine rings is 1. The summed E-state index contributed by atoms with van der Waals surface area (Å²) in [6.45, 7) is 5.18. The number of amides is 1. The Morgan fingerprint density at radius 1 is 1.58 bits per heavy atom. The second kappa shape index (κ2) is 6.96. The highest BCUT2D eigenvalue weighted by atomic mass is 35.5. The lowest BCUT2D eigenvalue weighted by molar-refractivity contribution is 0.0948. The van der Waals surface area contributed by atoms with E-state index in [1.54, 1.807) is 6.07 Å². The predicted octanol–water partition coefficient (Wildman–Crippen LogP) is 2.93. The number of nitrogens with one attached hydrogen (secondary N) is 1. The molecule has 1 amide bonds. The van der Waals surface area contributed by atoms with Crippen LogP contribution in [0.5, 0.6) is 0 Å². The van der Waals surface area contributed by atoms with E-state index in [1.807, 2.05) is 0 Å². The first-order valence-corrected chi connectivity index (χ1v) is 7.31. The molecular weight excluding hydrogens is 264 g/mol. The monoisotopic (exact) mass is 284 g/mol. The van der Waals surface area contributed by atoms with E-state index in [9.17, 15) is 4.79 Å². The molecule has 0 bridgehead atoms. The van der Waals surface area contributed by atoms with Crippen LogP contribution in [0.4, 0.5) is 0 Å². The van der Waals surface area contributed by atoms with Crippen molar-refractivity contribution in [1.82, 2.24) is 10.2 Å². The van der Waals surface area contributed by atoms with Crippen molar-refractivity contribution in [2.45, 2.75) is 38.6 Å². The molecule has 0 spiro atoms. The number of likely N-dealkylation sites (tertiary alicyclic amines) is 1. The number of furan rings is 1. The van der Waals surface area contributed by atoms with E-state index in [-0.39, 0.29) is 11.1 Å². The van der Waals surface area contributed by atoms with Gasteiger partial charge in [-0.3, -0.25) is 4.79 Å². The molecule has 1 aromatic rings. The van der Waals surface area contributed by atoms with Gasteiger partial charge in [-0.05, 0) is 50.4 Å². The van der Waals surface area contributed by atoms with E-state index in [2.05, 4.69) is 17.1 Å². The molecule has 0 aliphatic carbocycles. The van der Waals surface area contributed by atoms with E-state index in [0.29, 0.717) is 18.2 Å². The molecule has 0 aromatic carbocycles. The van der Waals surface area contributed by atoms with Crippen molar-refractivity contribution in [1.29, 1.82) is 0 Å². The molecule has 4 nitrogen and oxygen atoms in total. The van der Waals surface area contributed by atoms with Crippen molar-refractivity contribution in [2.24, 2.45) is 0 Å². The Bertz CT molecular complexity index is 419. The molecule has 1 N–H and O–H groups in total. The fourth-order valence-corrected chi connectivity index (χ4v) is 2.73. The third-order valence-electron chi connectivity index (χ3n) is 3.71. The zero-order valence-electron chi connectivity index (χ0n) is 11.3. The van der Waals surface area contributed by atoms with Gasteiger partial charge in [0.2, 0.25) is 5.22 Å². The Morgan fingerprint density at radius 2 is 2.42 bits per heavy atom. The van der Waals surface area contributed by atoms with E-state index < -0.39 is 0 Å². The fraction of sp³-hybridized carbons (Fsp3) is 0.643. The quantitative estimate of drug-likeness (QED) is 0.846. The summed E-state index contributed by atoms with van der Waals surface area (Å²) < 4.78 is 4.90. The van der Waals surface area contributed by atoms with Crippen molar-refractivity contribution in [2.75, 3.05) is 19.6 Å². The summed E-state index contributed by atoms with van der Waals surface area (Å²) in [5, 5.41) is 3.03. The van der Waals surface area contributed by atoms with Crippen molar-refractivity contribution >= 4 is 17.5 Å². The molecule has 2 rings (SSSR count). The normalized spacial score (nSPS) is 20.4. The Hall–Kier alpha value is -1.00.